The second-order valence-corrected chi connectivity index (χ2v) is 4.14. The Labute approximate surface area is 94.3 Å². The van der Waals surface area contributed by atoms with Gasteiger partial charge in [0.1, 0.15) is 4.70 Å². The van der Waals surface area contributed by atoms with Crippen molar-refractivity contribution >= 4 is 27.5 Å². The molecule has 0 aliphatic carbocycles. The van der Waals surface area contributed by atoms with Crippen LogP contribution >= 0.6 is 11.3 Å². The van der Waals surface area contributed by atoms with E-state index in [0.29, 0.717) is 10.2 Å². The molecule has 2 rings (SSSR count). The normalized spacial score (nSPS) is 10.5. The van der Waals surface area contributed by atoms with E-state index in [1.54, 1.807) is 11.4 Å². The molecule has 1 N–H and O–H groups in total. The number of fused-ring (bicyclic) bond motifs is 1. The zero-order valence-corrected chi connectivity index (χ0v) is 9.03. The summed E-state index contributed by atoms with van der Waals surface area (Å²) in [6.07, 6.45) is 1.34. The van der Waals surface area contributed by atoms with Gasteiger partial charge in [0.2, 0.25) is 0 Å². The van der Waals surface area contributed by atoms with E-state index in [9.17, 15) is 9.59 Å². The fourth-order valence-electron chi connectivity index (χ4n) is 1.26. The third-order valence-electron chi connectivity index (χ3n) is 2.10. The van der Waals surface area contributed by atoms with Gasteiger partial charge in [-0.1, -0.05) is 6.58 Å². The second kappa shape index (κ2) is 3.90. The Bertz CT molecular complexity index is 626. The summed E-state index contributed by atoms with van der Waals surface area (Å²) in [5.74, 6) is -1.11. The molecule has 6 heteroatoms. The van der Waals surface area contributed by atoms with E-state index >= 15 is 0 Å². The van der Waals surface area contributed by atoms with Crippen LogP contribution in [0, 0.1) is 0 Å². The molecular formula is C10H8N2O3S. The lowest BCUT2D eigenvalue weighted by atomic mass is 10.3. The van der Waals surface area contributed by atoms with Gasteiger partial charge in [0.25, 0.3) is 5.56 Å². The van der Waals surface area contributed by atoms with E-state index in [-0.39, 0.29) is 17.7 Å². The number of nitrogens with zero attached hydrogens (tertiary/aromatic N) is 2. The number of carboxylic acid groups (broad SMARTS) is 1. The van der Waals surface area contributed by atoms with Crippen LogP contribution < -0.4 is 5.56 Å². The highest BCUT2D eigenvalue weighted by molar-refractivity contribution is 7.17. The molecule has 0 amide bonds. The summed E-state index contributed by atoms with van der Waals surface area (Å²) >= 11 is 1.29. The van der Waals surface area contributed by atoms with Crippen molar-refractivity contribution in [2.75, 3.05) is 0 Å². The van der Waals surface area contributed by atoms with Crippen LogP contribution in [0.3, 0.4) is 0 Å². The molecule has 0 fully saturated rings. The van der Waals surface area contributed by atoms with Gasteiger partial charge < -0.3 is 5.11 Å². The lowest BCUT2D eigenvalue weighted by molar-refractivity contribution is -0.132. The Morgan fingerprint density at radius 1 is 1.62 bits per heavy atom. The summed E-state index contributed by atoms with van der Waals surface area (Å²) in [4.78, 5) is 26.5. The molecule has 0 saturated carbocycles. The topological polar surface area (TPSA) is 72.2 Å². The van der Waals surface area contributed by atoms with E-state index in [4.69, 9.17) is 5.11 Å². The van der Waals surface area contributed by atoms with Crippen LogP contribution in [-0.4, -0.2) is 20.6 Å². The lowest BCUT2D eigenvalue weighted by Crippen LogP contribution is -2.22. The molecule has 0 spiro atoms. The molecular weight excluding hydrogens is 228 g/mol. The minimum absolute atomic E-state index is 0.0418. The zero-order valence-electron chi connectivity index (χ0n) is 8.21. The first-order chi connectivity index (χ1) is 7.59. The molecule has 0 aliphatic heterocycles. The summed E-state index contributed by atoms with van der Waals surface area (Å²) in [5.41, 5.74) is 0.356. The molecule has 0 aromatic carbocycles. The molecule has 0 bridgehead atoms. The molecule has 0 saturated heterocycles. The quantitative estimate of drug-likeness (QED) is 0.810. The molecule has 2 aromatic rings. The molecule has 5 nitrogen and oxygen atoms in total. The van der Waals surface area contributed by atoms with Crippen molar-refractivity contribution in [2.24, 2.45) is 0 Å². The average molecular weight is 236 g/mol. The standard InChI is InChI=1S/C10H8N2O3S/c1-6(10(14)15)4-12-5-11-7-2-3-16-8(7)9(12)13/h2-3,5H,1,4H2,(H,14,15). The van der Waals surface area contributed by atoms with Crippen molar-refractivity contribution in [3.05, 3.63) is 40.3 Å². The third-order valence-corrected chi connectivity index (χ3v) is 2.99. The van der Waals surface area contributed by atoms with Crippen LogP contribution in [0.4, 0.5) is 0 Å². The van der Waals surface area contributed by atoms with Gasteiger partial charge in [-0.15, -0.1) is 11.3 Å². The fourth-order valence-corrected chi connectivity index (χ4v) is 2.06. The highest BCUT2D eigenvalue weighted by Crippen LogP contribution is 2.13. The van der Waals surface area contributed by atoms with Gasteiger partial charge in [-0.2, -0.15) is 0 Å². The van der Waals surface area contributed by atoms with Crippen molar-refractivity contribution in [3.63, 3.8) is 0 Å². The first-order valence-corrected chi connectivity index (χ1v) is 5.31. The van der Waals surface area contributed by atoms with Gasteiger partial charge >= 0.3 is 5.97 Å². The van der Waals surface area contributed by atoms with E-state index in [1.807, 2.05) is 0 Å². The van der Waals surface area contributed by atoms with Gasteiger partial charge in [-0.05, 0) is 11.4 Å². The van der Waals surface area contributed by atoms with Gasteiger partial charge in [-0.25, -0.2) is 9.78 Å². The third kappa shape index (κ3) is 1.74. The van der Waals surface area contributed by atoms with Gasteiger partial charge in [-0.3, -0.25) is 9.36 Å². The van der Waals surface area contributed by atoms with Crippen molar-refractivity contribution in [1.82, 2.24) is 9.55 Å². The van der Waals surface area contributed by atoms with E-state index in [0.717, 1.165) is 0 Å². The van der Waals surface area contributed by atoms with Gasteiger partial charge in [0.05, 0.1) is 18.4 Å². The maximum absolute atomic E-state index is 11.8. The number of thiophene rings is 1. The van der Waals surface area contributed by atoms with Crippen LogP contribution in [0.15, 0.2) is 34.7 Å². The Morgan fingerprint density at radius 3 is 3.06 bits per heavy atom. The minimum Gasteiger partial charge on any atom is -0.478 e. The molecule has 16 heavy (non-hydrogen) atoms. The molecule has 0 radical (unpaired) electrons. The van der Waals surface area contributed by atoms with Crippen molar-refractivity contribution in [3.8, 4) is 0 Å². The van der Waals surface area contributed by atoms with Crippen LogP contribution in [0.1, 0.15) is 0 Å². The van der Waals surface area contributed by atoms with Crippen LogP contribution in [0.2, 0.25) is 0 Å². The Hall–Kier alpha value is -1.95. The largest absolute Gasteiger partial charge is 0.478 e. The number of hydrogen-bond donors (Lipinski definition) is 1. The average Bonchev–Trinajstić information content (AvgIpc) is 2.70. The van der Waals surface area contributed by atoms with E-state index < -0.39 is 5.97 Å². The highest BCUT2D eigenvalue weighted by atomic mass is 32.1. The Morgan fingerprint density at radius 2 is 2.38 bits per heavy atom. The molecule has 0 unspecified atom stereocenters. The first-order valence-electron chi connectivity index (χ1n) is 4.43. The van der Waals surface area contributed by atoms with Gasteiger partial charge in [0, 0.05) is 5.57 Å². The van der Waals surface area contributed by atoms with Crippen molar-refractivity contribution in [1.29, 1.82) is 0 Å². The molecule has 0 aliphatic rings. The summed E-state index contributed by atoms with van der Waals surface area (Å²) < 4.78 is 1.77. The maximum Gasteiger partial charge on any atom is 0.332 e. The summed E-state index contributed by atoms with van der Waals surface area (Å²) in [6.45, 7) is 3.33. The Kier molecular flexibility index (Phi) is 2.57. The molecule has 2 heterocycles. The molecule has 82 valence electrons. The fraction of sp³-hybridized carbons (Fsp3) is 0.100. The number of aliphatic carboxylic acids is 1. The van der Waals surface area contributed by atoms with E-state index in [2.05, 4.69) is 11.6 Å². The number of hydrogen-bond acceptors (Lipinski definition) is 4. The number of rotatable bonds is 3. The van der Waals surface area contributed by atoms with Crippen molar-refractivity contribution in [2.45, 2.75) is 6.54 Å². The smallest absolute Gasteiger partial charge is 0.332 e. The SMILES string of the molecule is C=C(Cn1cnc2ccsc2c1=O)C(=O)O. The summed E-state index contributed by atoms with van der Waals surface area (Å²) in [6, 6.07) is 1.75. The number of carbonyl (C=O) groups is 1. The monoisotopic (exact) mass is 236 g/mol. The molecule has 0 atom stereocenters. The van der Waals surface area contributed by atoms with Crippen LogP contribution in [-0.2, 0) is 11.3 Å². The van der Waals surface area contributed by atoms with E-state index in [1.165, 1.54) is 22.2 Å². The van der Waals surface area contributed by atoms with Crippen LogP contribution in [0.5, 0.6) is 0 Å². The summed E-state index contributed by atoms with van der Waals surface area (Å²) in [5, 5.41) is 10.4. The highest BCUT2D eigenvalue weighted by Gasteiger charge is 2.09. The van der Waals surface area contributed by atoms with Crippen LogP contribution in [0.25, 0.3) is 10.2 Å². The Balaban J connectivity index is 2.46. The maximum atomic E-state index is 11.8. The number of carboxylic acids is 1. The first kappa shape index (κ1) is 10.6. The predicted molar refractivity (Wildman–Crippen MR) is 60.7 cm³/mol. The second-order valence-electron chi connectivity index (χ2n) is 3.22. The minimum atomic E-state index is -1.11. The lowest BCUT2D eigenvalue weighted by Gasteiger charge is -2.04. The van der Waals surface area contributed by atoms with Crippen molar-refractivity contribution < 1.29 is 9.90 Å². The number of aromatic nitrogens is 2. The molecule has 2 aromatic heterocycles. The summed E-state index contributed by atoms with van der Waals surface area (Å²) in [7, 11) is 0. The predicted octanol–water partition coefficient (Wildman–Crippen LogP) is 1.10. The zero-order chi connectivity index (χ0) is 11.7. The van der Waals surface area contributed by atoms with Gasteiger partial charge in [0.15, 0.2) is 0 Å².